The van der Waals surface area contributed by atoms with Crippen LogP contribution < -0.4 is 16.0 Å². The van der Waals surface area contributed by atoms with E-state index < -0.39 is 23.9 Å². The second-order valence-corrected chi connectivity index (χ2v) is 7.73. The lowest BCUT2D eigenvalue weighted by atomic mass is 9.97. The number of rotatable bonds is 7. The first-order valence-corrected chi connectivity index (χ1v) is 10.5. The van der Waals surface area contributed by atoms with Crippen molar-refractivity contribution in [2.24, 2.45) is 0 Å². The van der Waals surface area contributed by atoms with Crippen LogP contribution in [0.15, 0.2) is 48.5 Å². The number of aliphatic hydroxyl groups excluding tert-OH is 1. The summed E-state index contributed by atoms with van der Waals surface area (Å²) in [5, 5.41) is 18.5. The normalized spacial score (nSPS) is 20.7. The first-order valence-electron chi connectivity index (χ1n) is 10.1. The molecule has 0 radical (unpaired) electrons. The number of nitrogens with one attached hydrogen (secondary N) is 3. The van der Waals surface area contributed by atoms with Crippen LogP contribution in [-0.4, -0.2) is 48.4 Å². The fraction of sp³-hybridized carbons (Fsp3) is 0.364. The molecule has 3 rings (SSSR count). The van der Waals surface area contributed by atoms with E-state index >= 15 is 0 Å². The summed E-state index contributed by atoms with van der Waals surface area (Å²) >= 11 is 5.83. The van der Waals surface area contributed by atoms with Crippen molar-refractivity contribution in [2.45, 2.75) is 37.5 Å². The predicted octanol–water partition coefficient (Wildman–Crippen LogP) is 3.33. The van der Waals surface area contributed by atoms with Gasteiger partial charge in [-0.3, -0.25) is 4.79 Å². The number of anilines is 1. The predicted molar refractivity (Wildman–Crippen MR) is 116 cm³/mol. The number of hydrogen-bond donors (Lipinski definition) is 4. The van der Waals surface area contributed by atoms with Crippen LogP contribution in [-0.2, 0) is 4.74 Å². The number of aliphatic hydroxyl groups is 1. The molecule has 1 heterocycles. The van der Waals surface area contributed by atoms with Gasteiger partial charge in [-0.1, -0.05) is 23.7 Å². The summed E-state index contributed by atoms with van der Waals surface area (Å²) in [6.45, 7) is 0.0646. The highest BCUT2D eigenvalue weighted by Gasteiger charge is 2.31. The monoisotopic (exact) mass is 449 g/mol. The van der Waals surface area contributed by atoms with Crippen LogP contribution in [0.25, 0.3) is 0 Å². The average molecular weight is 450 g/mol. The fourth-order valence-corrected chi connectivity index (χ4v) is 3.59. The molecule has 1 aliphatic heterocycles. The smallest absolute Gasteiger partial charge is 0.319 e. The van der Waals surface area contributed by atoms with Crippen molar-refractivity contribution in [2.75, 3.05) is 18.5 Å². The van der Waals surface area contributed by atoms with Gasteiger partial charge in [-0.05, 0) is 55.7 Å². The van der Waals surface area contributed by atoms with Crippen LogP contribution in [0.4, 0.5) is 14.9 Å². The molecular weight excluding hydrogens is 425 g/mol. The lowest BCUT2D eigenvalue weighted by Gasteiger charge is -2.36. The molecule has 166 valence electrons. The Morgan fingerprint density at radius 3 is 2.58 bits per heavy atom. The van der Waals surface area contributed by atoms with Crippen molar-refractivity contribution in [3.05, 3.63) is 64.9 Å². The zero-order valence-electron chi connectivity index (χ0n) is 16.8. The van der Waals surface area contributed by atoms with Gasteiger partial charge in [-0.15, -0.1) is 0 Å². The van der Waals surface area contributed by atoms with Gasteiger partial charge in [-0.25, -0.2) is 9.18 Å². The molecule has 0 unspecified atom stereocenters. The van der Waals surface area contributed by atoms with E-state index in [-0.39, 0.29) is 24.3 Å². The Labute approximate surface area is 184 Å². The Morgan fingerprint density at radius 1 is 1.13 bits per heavy atom. The molecule has 1 aliphatic rings. The molecule has 0 spiro atoms. The van der Waals surface area contributed by atoms with Gasteiger partial charge in [0.15, 0.2) is 0 Å². The van der Waals surface area contributed by atoms with Crippen LogP contribution in [0.1, 0.15) is 29.6 Å². The molecule has 4 N–H and O–H groups in total. The number of ether oxygens (including phenoxy) is 1. The molecule has 7 nitrogen and oxygen atoms in total. The Morgan fingerprint density at radius 2 is 1.87 bits per heavy atom. The molecule has 0 bridgehead atoms. The Kier molecular flexibility index (Phi) is 8.22. The van der Waals surface area contributed by atoms with Crippen molar-refractivity contribution in [1.29, 1.82) is 0 Å². The van der Waals surface area contributed by atoms with Gasteiger partial charge >= 0.3 is 6.03 Å². The summed E-state index contributed by atoms with van der Waals surface area (Å²) in [7, 11) is 0. The Hall–Kier alpha value is -2.68. The molecule has 0 saturated carbocycles. The fourth-order valence-electron chi connectivity index (χ4n) is 3.47. The summed E-state index contributed by atoms with van der Waals surface area (Å²) in [5.74, 6) is -1.05. The number of urea groups is 1. The molecule has 9 heteroatoms. The topological polar surface area (TPSA) is 99.7 Å². The van der Waals surface area contributed by atoms with Crippen LogP contribution in [0.3, 0.4) is 0 Å². The standard InChI is InChI=1S/C22H25ClFN3O4/c23-14-5-7-15(8-6-14)26-22(30)27-19-10-9-16(31-20(19)13-28)11-12-25-21(29)17-3-1-2-4-18(17)24/h1-8,16,19-20,28H,9-13H2,(H,25,29)(H2,26,27,30)/t16-,19-,20-/m1/s1. The lowest BCUT2D eigenvalue weighted by molar-refractivity contribution is -0.0886. The summed E-state index contributed by atoms with van der Waals surface area (Å²) < 4.78 is 19.6. The number of amides is 3. The van der Waals surface area contributed by atoms with E-state index in [2.05, 4.69) is 16.0 Å². The van der Waals surface area contributed by atoms with E-state index in [1.807, 2.05) is 0 Å². The van der Waals surface area contributed by atoms with Crippen molar-refractivity contribution >= 4 is 29.2 Å². The third-order valence-electron chi connectivity index (χ3n) is 5.08. The maximum absolute atomic E-state index is 13.7. The van der Waals surface area contributed by atoms with Gasteiger partial charge < -0.3 is 25.8 Å². The summed E-state index contributed by atoms with van der Waals surface area (Å²) in [4.78, 5) is 24.3. The Bertz CT molecular complexity index is 897. The third-order valence-corrected chi connectivity index (χ3v) is 5.34. The van der Waals surface area contributed by atoms with Gasteiger partial charge in [0, 0.05) is 17.3 Å². The van der Waals surface area contributed by atoms with Crippen LogP contribution in [0.5, 0.6) is 0 Å². The number of hydrogen-bond acceptors (Lipinski definition) is 4. The quantitative estimate of drug-likeness (QED) is 0.521. The number of benzene rings is 2. The first kappa shape index (κ1) is 23.0. The molecule has 3 amide bonds. The summed E-state index contributed by atoms with van der Waals surface area (Å²) in [6.07, 6.45) is 1.04. The van der Waals surface area contributed by atoms with E-state index in [1.54, 1.807) is 30.3 Å². The minimum absolute atomic E-state index is 0.00346. The van der Waals surface area contributed by atoms with Crippen LogP contribution >= 0.6 is 11.6 Å². The van der Waals surface area contributed by atoms with Crippen LogP contribution in [0, 0.1) is 5.82 Å². The molecule has 2 aromatic carbocycles. The van der Waals surface area contributed by atoms with Crippen molar-refractivity contribution < 1.29 is 23.8 Å². The maximum atomic E-state index is 13.7. The second-order valence-electron chi connectivity index (χ2n) is 7.29. The average Bonchev–Trinajstić information content (AvgIpc) is 2.76. The van der Waals surface area contributed by atoms with Crippen molar-refractivity contribution in [3.63, 3.8) is 0 Å². The minimum Gasteiger partial charge on any atom is -0.394 e. The molecule has 1 saturated heterocycles. The zero-order chi connectivity index (χ0) is 22.2. The highest BCUT2D eigenvalue weighted by Crippen LogP contribution is 2.22. The van der Waals surface area contributed by atoms with E-state index in [0.717, 1.165) is 0 Å². The maximum Gasteiger partial charge on any atom is 0.319 e. The van der Waals surface area contributed by atoms with Crippen molar-refractivity contribution in [1.82, 2.24) is 10.6 Å². The molecule has 3 atom stereocenters. The third kappa shape index (κ3) is 6.65. The van der Waals surface area contributed by atoms with Gasteiger partial charge in [-0.2, -0.15) is 0 Å². The van der Waals surface area contributed by atoms with Crippen molar-refractivity contribution in [3.8, 4) is 0 Å². The first-order chi connectivity index (χ1) is 15.0. The highest BCUT2D eigenvalue weighted by atomic mass is 35.5. The molecule has 0 aliphatic carbocycles. The number of carbonyl (C=O) groups is 2. The van der Waals surface area contributed by atoms with Gasteiger partial charge in [0.1, 0.15) is 11.9 Å². The van der Waals surface area contributed by atoms with E-state index in [4.69, 9.17) is 16.3 Å². The zero-order valence-corrected chi connectivity index (χ0v) is 17.6. The minimum atomic E-state index is -0.569. The van der Waals surface area contributed by atoms with E-state index in [1.165, 1.54) is 18.2 Å². The Balaban J connectivity index is 1.43. The van der Waals surface area contributed by atoms with E-state index in [9.17, 15) is 19.1 Å². The molecular formula is C22H25ClFN3O4. The SMILES string of the molecule is O=C(Nc1ccc(Cl)cc1)N[C@@H]1CC[C@H](CCNC(=O)c2ccccc2F)O[C@@H]1CO. The highest BCUT2D eigenvalue weighted by molar-refractivity contribution is 6.30. The summed E-state index contributed by atoms with van der Waals surface area (Å²) in [5.41, 5.74) is 0.596. The molecule has 1 fully saturated rings. The van der Waals surface area contributed by atoms with Gasteiger partial charge in [0.25, 0.3) is 5.91 Å². The molecule has 0 aromatic heterocycles. The van der Waals surface area contributed by atoms with Gasteiger partial charge in [0.05, 0.1) is 24.3 Å². The summed E-state index contributed by atoms with van der Waals surface area (Å²) in [6, 6.07) is 11.8. The van der Waals surface area contributed by atoms with E-state index in [0.29, 0.717) is 36.5 Å². The number of carbonyl (C=O) groups excluding carboxylic acids is 2. The second kappa shape index (κ2) is 11.1. The van der Waals surface area contributed by atoms with Gasteiger partial charge in [0.2, 0.25) is 0 Å². The largest absolute Gasteiger partial charge is 0.394 e. The molecule has 2 aromatic rings. The van der Waals surface area contributed by atoms with Crippen LogP contribution in [0.2, 0.25) is 5.02 Å². The number of halogens is 2. The lowest BCUT2D eigenvalue weighted by Crippen LogP contribution is -2.52. The molecule has 31 heavy (non-hydrogen) atoms.